The topological polar surface area (TPSA) is 119 Å². The van der Waals surface area contributed by atoms with Gasteiger partial charge in [0.2, 0.25) is 0 Å². The van der Waals surface area contributed by atoms with E-state index in [1.165, 1.54) is 62.7 Å². The molecule has 182 valence electrons. The maximum atomic E-state index is 13.0. The summed E-state index contributed by atoms with van der Waals surface area (Å²) in [7, 11) is -1.24. The summed E-state index contributed by atoms with van der Waals surface area (Å²) in [5.74, 6) is -1.96. The average molecular weight is 497 g/mol. The molecule has 0 saturated heterocycles. The number of nitrogens with zero attached hydrogens (tertiary/aromatic N) is 1. The number of amides is 1. The van der Waals surface area contributed by atoms with Crippen molar-refractivity contribution in [1.29, 1.82) is 0 Å². The summed E-state index contributed by atoms with van der Waals surface area (Å²) in [5, 5.41) is 2.53. The van der Waals surface area contributed by atoms with Gasteiger partial charge in [0.1, 0.15) is 0 Å². The molecule has 3 aromatic rings. The second kappa shape index (κ2) is 10.8. The summed E-state index contributed by atoms with van der Waals surface area (Å²) in [5.41, 5.74) is 2.16. The molecule has 3 rings (SSSR count). The first kappa shape index (κ1) is 25.4. The van der Waals surface area contributed by atoms with Gasteiger partial charge in [0, 0.05) is 12.7 Å². The molecule has 0 saturated carbocycles. The van der Waals surface area contributed by atoms with Crippen LogP contribution in [0.2, 0.25) is 0 Å². The lowest BCUT2D eigenvalue weighted by Gasteiger charge is -2.20. The van der Waals surface area contributed by atoms with Crippen molar-refractivity contribution in [1.82, 2.24) is 0 Å². The fraction of sp³-hybridized carbons (Fsp3) is 0.160. The zero-order chi connectivity index (χ0) is 25.6. The van der Waals surface area contributed by atoms with Gasteiger partial charge in [-0.05, 0) is 61.5 Å². The molecule has 0 aliphatic carbocycles. The number of anilines is 2. The van der Waals surface area contributed by atoms with Gasteiger partial charge in [-0.3, -0.25) is 9.10 Å². The van der Waals surface area contributed by atoms with Crippen LogP contribution in [-0.2, 0) is 24.3 Å². The minimum absolute atomic E-state index is 0.0152. The van der Waals surface area contributed by atoms with Crippen LogP contribution in [0.4, 0.5) is 11.4 Å². The van der Waals surface area contributed by atoms with Crippen molar-refractivity contribution in [3.63, 3.8) is 0 Å². The summed E-state index contributed by atoms with van der Waals surface area (Å²) < 4.78 is 36.8. The maximum Gasteiger partial charge on any atom is 0.338 e. The van der Waals surface area contributed by atoms with Crippen molar-refractivity contribution in [2.75, 3.05) is 30.4 Å². The van der Waals surface area contributed by atoms with Gasteiger partial charge >= 0.3 is 11.9 Å². The number of esters is 2. The first-order valence-electron chi connectivity index (χ1n) is 10.4. The van der Waals surface area contributed by atoms with E-state index in [-0.39, 0.29) is 10.5 Å². The van der Waals surface area contributed by atoms with Gasteiger partial charge in [0.15, 0.2) is 6.61 Å². The molecule has 35 heavy (non-hydrogen) atoms. The van der Waals surface area contributed by atoms with Gasteiger partial charge in [0.05, 0.1) is 28.8 Å². The van der Waals surface area contributed by atoms with Gasteiger partial charge in [-0.2, -0.15) is 0 Å². The number of hydrogen-bond donors (Lipinski definition) is 1. The van der Waals surface area contributed by atoms with Crippen LogP contribution in [0.5, 0.6) is 0 Å². The Kier molecular flexibility index (Phi) is 7.87. The van der Waals surface area contributed by atoms with Crippen LogP contribution in [0.15, 0.2) is 77.7 Å². The first-order chi connectivity index (χ1) is 16.6. The molecule has 0 fully saturated rings. The average Bonchev–Trinajstić information content (AvgIpc) is 2.87. The number of aryl methyl sites for hydroxylation is 1. The van der Waals surface area contributed by atoms with Crippen molar-refractivity contribution in [2.45, 2.75) is 11.8 Å². The first-order valence-corrected chi connectivity index (χ1v) is 11.9. The van der Waals surface area contributed by atoms with Crippen LogP contribution in [-0.4, -0.2) is 47.0 Å². The van der Waals surface area contributed by atoms with E-state index in [2.05, 4.69) is 10.1 Å². The Labute approximate surface area is 203 Å². The van der Waals surface area contributed by atoms with E-state index in [1.54, 1.807) is 24.3 Å². The third-order valence-electron chi connectivity index (χ3n) is 5.05. The molecule has 0 atom stereocenters. The molecule has 0 unspecified atom stereocenters. The van der Waals surface area contributed by atoms with Crippen molar-refractivity contribution in [2.24, 2.45) is 0 Å². The lowest BCUT2D eigenvalue weighted by molar-refractivity contribution is -0.119. The van der Waals surface area contributed by atoms with Gasteiger partial charge < -0.3 is 14.8 Å². The number of benzene rings is 3. The number of rotatable bonds is 8. The summed E-state index contributed by atoms with van der Waals surface area (Å²) in [4.78, 5) is 36.0. The summed E-state index contributed by atoms with van der Waals surface area (Å²) in [6.45, 7) is 1.31. The second-order valence-electron chi connectivity index (χ2n) is 7.53. The van der Waals surface area contributed by atoms with Crippen LogP contribution in [0.1, 0.15) is 26.3 Å². The van der Waals surface area contributed by atoms with E-state index in [9.17, 15) is 22.8 Å². The molecule has 0 heterocycles. The van der Waals surface area contributed by atoms with E-state index >= 15 is 0 Å². The number of sulfonamides is 1. The number of hydrogen-bond acceptors (Lipinski definition) is 7. The largest absolute Gasteiger partial charge is 0.465 e. The molecular formula is C25H24N2O7S. The standard InChI is InChI=1S/C25H24N2O7S/c1-17-7-13-21(14-8-17)27(2)35(31,32)22-6-4-5-19(15-22)25(30)34-16-23(28)26-20-11-9-18(10-12-20)24(29)33-3/h4-15H,16H2,1-3H3,(H,26,28). The van der Waals surface area contributed by atoms with E-state index < -0.39 is 34.5 Å². The number of carbonyl (C=O) groups excluding carboxylic acids is 3. The Bertz CT molecular complexity index is 1330. The predicted octanol–water partition coefficient (Wildman–Crippen LogP) is 3.40. The van der Waals surface area contributed by atoms with Crippen LogP contribution < -0.4 is 9.62 Å². The predicted molar refractivity (Wildman–Crippen MR) is 130 cm³/mol. The highest BCUT2D eigenvalue weighted by Gasteiger charge is 2.23. The van der Waals surface area contributed by atoms with Crippen molar-refractivity contribution in [3.05, 3.63) is 89.5 Å². The highest BCUT2D eigenvalue weighted by atomic mass is 32.2. The molecule has 1 N–H and O–H groups in total. The van der Waals surface area contributed by atoms with Gasteiger partial charge in [-0.1, -0.05) is 23.8 Å². The quantitative estimate of drug-likeness (QED) is 0.475. The Morgan fingerprint density at radius 2 is 1.54 bits per heavy atom. The van der Waals surface area contributed by atoms with Crippen LogP contribution in [0.25, 0.3) is 0 Å². The zero-order valence-corrected chi connectivity index (χ0v) is 20.2. The molecule has 0 aliphatic rings. The van der Waals surface area contributed by atoms with Crippen molar-refractivity contribution >= 4 is 39.2 Å². The summed E-state index contributed by atoms with van der Waals surface area (Å²) in [6, 6.07) is 18.3. The van der Waals surface area contributed by atoms with Crippen molar-refractivity contribution < 1.29 is 32.3 Å². The fourth-order valence-electron chi connectivity index (χ4n) is 3.05. The molecule has 0 radical (unpaired) electrons. The van der Waals surface area contributed by atoms with Crippen LogP contribution in [0.3, 0.4) is 0 Å². The lowest BCUT2D eigenvalue weighted by Crippen LogP contribution is -2.27. The van der Waals surface area contributed by atoms with Crippen molar-refractivity contribution in [3.8, 4) is 0 Å². The Morgan fingerprint density at radius 1 is 0.886 bits per heavy atom. The SMILES string of the molecule is COC(=O)c1ccc(NC(=O)COC(=O)c2cccc(S(=O)(=O)N(C)c3ccc(C)cc3)c2)cc1. The molecular weight excluding hydrogens is 472 g/mol. The molecule has 1 amide bonds. The Morgan fingerprint density at radius 3 is 2.17 bits per heavy atom. The Hall–Kier alpha value is -4.18. The maximum absolute atomic E-state index is 13.0. The van der Waals surface area contributed by atoms with E-state index in [0.717, 1.165) is 9.87 Å². The number of ether oxygens (including phenoxy) is 2. The molecule has 3 aromatic carbocycles. The van der Waals surface area contributed by atoms with Crippen LogP contribution >= 0.6 is 0 Å². The Balaban J connectivity index is 1.63. The van der Waals surface area contributed by atoms with Gasteiger partial charge in [0.25, 0.3) is 15.9 Å². The minimum Gasteiger partial charge on any atom is -0.465 e. The third kappa shape index (κ3) is 6.24. The number of methoxy groups -OCH3 is 1. The zero-order valence-electron chi connectivity index (χ0n) is 19.3. The molecule has 9 nitrogen and oxygen atoms in total. The lowest BCUT2D eigenvalue weighted by atomic mass is 10.2. The van der Waals surface area contributed by atoms with Gasteiger partial charge in [-0.15, -0.1) is 0 Å². The number of nitrogens with one attached hydrogen (secondary N) is 1. The molecule has 0 aliphatic heterocycles. The molecule has 10 heteroatoms. The fourth-order valence-corrected chi connectivity index (χ4v) is 4.30. The van der Waals surface area contributed by atoms with E-state index in [4.69, 9.17) is 4.74 Å². The summed E-state index contributed by atoms with van der Waals surface area (Å²) >= 11 is 0. The van der Waals surface area contributed by atoms with Crippen LogP contribution in [0, 0.1) is 6.92 Å². The van der Waals surface area contributed by atoms with E-state index in [0.29, 0.717) is 16.9 Å². The minimum atomic E-state index is -3.93. The van der Waals surface area contributed by atoms with E-state index in [1.807, 2.05) is 6.92 Å². The highest BCUT2D eigenvalue weighted by Crippen LogP contribution is 2.23. The second-order valence-corrected chi connectivity index (χ2v) is 9.50. The summed E-state index contributed by atoms with van der Waals surface area (Å²) in [6.07, 6.45) is 0. The molecule has 0 bridgehead atoms. The van der Waals surface area contributed by atoms with Gasteiger partial charge in [-0.25, -0.2) is 18.0 Å². The molecule has 0 spiro atoms. The smallest absolute Gasteiger partial charge is 0.338 e. The number of carbonyl (C=O) groups is 3. The normalized spacial score (nSPS) is 10.8. The molecule has 0 aromatic heterocycles. The highest BCUT2D eigenvalue weighted by molar-refractivity contribution is 7.92. The third-order valence-corrected chi connectivity index (χ3v) is 6.83. The monoisotopic (exact) mass is 496 g/mol.